The molecule has 0 aliphatic heterocycles. The van der Waals surface area contributed by atoms with E-state index in [1.807, 2.05) is 0 Å². The summed E-state index contributed by atoms with van der Waals surface area (Å²) in [5, 5.41) is 3.12. The van der Waals surface area contributed by atoms with Crippen molar-refractivity contribution < 1.29 is 4.84 Å². The minimum Gasteiger partial charge on any atom is -0.387 e. The van der Waals surface area contributed by atoms with Crippen LogP contribution in [0.4, 0.5) is 0 Å². The summed E-state index contributed by atoms with van der Waals surface area (Å²) in [5.74, 6) is 0. The van der Waals surface area contributed by atoms with Crippen LogP contribution in [0.25, 0.3) is 0 Å². The molecule has 3 heteroatoms. The first-order chi connectivity index (χ1) is 2.91. The van der Waals surface area contributed by atoms with Gasteiger partial charge in [-0.3, -0.25) is 0 Å². The van der Waals surface area contributed by atoms with Crippen molar-refractivity contribution in [2.24, 2.45) is 10.9 Å². The lowest BCUT2D eigenvalue weighted by atomic mass is 11.2. The molecule has 3 nitrogen and oxygen atoms in total. The smallest absolute Gasteiger partial charge is 0.126 e. The third kappa shape index (κ3) is 3.01. The zero-order chi connectivity index (χ0) is 4.83. The predicted molar refractivity (Wildman–Crippen MR) is 24.0 cm³/mol. The van der Waals surface area contributed by atoms with Crippen molar-refractivity contribution in [2.75, 3.05) is 0 Å². The topological polar surface area (TPSA) is 47.6 Å². The first-order valence-corrected chi connectivity index (χ1v) is 1.42. The molecular weight excluding hydrogens is 80.0 g/mol. The van der Waals surface area contributed by atoms with E-state index >= 15 is 0 Å². The van der Waals surface area contributed by atoms with Crippen molar-refractivity contribution in [3.8, 4) is 0 Å². The van der Waals surface area contributed by atoms with Gasteiger partial charge < -0.3 is 10.6 Å². The van der Waals surface area contributed by atoms with Crippen LogP contribution < -0.4 is 5.73 Å². The van der Waals surface area contributed by atoms with Gasteiger partial charge in [0.05, 0.1) is 0 Å². The molecule has 0 aromatic rings. The zero-order valence-electron chi connectivity index (χ0n) is 3.29. The molecule has 0 saturated heterocycles. The van der Waals surface area contributed by atoms with Crippen molar-refractivity contribution in [3.63, 3.8) is 0 Å². The first-order valence-electron chi connectivity index (χ1n) is 1.42. The number of hydrogen-bond acceptors (Lipinski definition) is 2. The Kier molecular flexibility index (Phi) is 3.35. The first kappa shape index (κ1) is 5.01. The fraction of sp³-hybridized carbons (Fsp3) is 0. The molecule has 0 atom stereocenters. The second-order valence-electron chi connectivity index (χ2n) is 0.527. The molecule has 0 aromatic heterocycles. The van der Waals surface area contributed by atoms with Gasteiger partial charge in [-0.1, -0.05) is 11.7 Å². The largest absolute Gasteiger partial charge is 0.387 e. The van der Waals surface area contributed by atoms with E-state index in [4.69, 9.17) is 5.73 Å². The van der Waals surface area contributed by atoms with E-state index in [0.717, 1.165) is 6.34 Å². The van der Waals surface area contributed by atoms with Gasteiger partial charge in [0.25, 0.3) is 0 Å². The quantitative estimate of drug-likeness (QED) is 0.223. The summed E-state index contributed by atoms with van der Waals surface area (Å²) in [6, 6.07) is 0. The maximum Gasteiger partial charge on any atom is 0.126 e. The maximum absolute atomic E-state index is 4.75. The Morgan fingerprint density at radius 1 is 1.83 bits per heavy atom. The lowest BCUT2D eigenvalue weighted by molar-refractivity contribution is 0.271. The van der Waals surface area contributed by atoms with E-state index in [9.17, 15) is 0 Å². The van der Waals surface area contributed by atoms with Gasteiger partial charge in [-0.05, 0) is 0 Å². The van der Waals surface area contributed by atoms with E-state index in [-0.39, 0.29) is 0 Å². The minimum atomic E-state index is 1.04. The molecule has 2 N–H and O–H groups in total. The molecule has 6 heavy (non-hydrogen) atoms. The van der Waals surface area contributed by atoms with Crippen LogP contribution in [0.1, 0.15) is 0 Å². The van der Waals surface area contributed by atoms with Gasteiger partial charge in [0, 0.05) is 0 Å². The highest BCUT2D eigenvalue weighted by molar-refractivity contribution is 5.49. The minimum absolute atomic E-state index is 1.04. The molecule has 0 spiro atoms. The van der Waals surface area contributed by atoms with Crippen LogP contribution in [0.15, 0.2) is 18.0 Å². The van der Waals surface area contributed by atoms with Gasteiger partial charge in [-0.2, -0.15) is 0 Å². The van der Waals surface area contributed by atoms with Crippen molar-refractivity contribution >= 4 is 6.34 Å². The average Bonchev–Trinajstić information content (AvgIpc) is 1.61. The molecule has 34 valence electrons. The Morgan fingerprint density at radius 2 is 2.50 bits per heavy atom. The van der Waals surface area contributed by atoms with Crippen LogP contribution in [-0.2, 0) is 4.84 Å². The van der Waals surface area contributed by atoms with Gasteiger partial charge in [-0.25, -0.2) is 0 Å². The number of rotatable bonds is 2. The molecule has 0 bridgehead atoms. The normalized spacial score (nSPS) is 8.67. The van der Waals surface area contributed by atoms with E-state index < -0.39 is 0 Å². The SMILES string of the molecule is C=CO/N=C\N. The molecule has 0 saturated carbocycles. The zero-order valence-corrected chi connectivity index (χ0v) is 3.29. The van der Waals surface area contributed by atoms with Crippen LogP contribution in [-0.4, -0.2) is 6.34 Å². The summed E-state index contributed by atoms with van der Waals surface area (Å²) in [6.07, 6.45) is 2.23. The molecular formula is C3H6N2O. The van der Waals surface area contributed by atoms with Gasteiger partial charge in [0.2, 0.25) is 0 Å². The van der Waals surface area contributed by atoms with Crippen molar-refractivity contribution in [1.29, 1.82) is 0 Å². The number of hydrogen-bond donors (Lipinski definition) is 1. The van der Waals surface area contributed by atoms with Crippen LogP contribution >= 0.6 is 0 Å². The Hall–Kier alpha value is -0.990. The summed E-state index contributed by atoms with van der Waals surface area (Å²) >= 11 is 0. The van der Waals surface area contributed by atoms with E-state index in [1.165, 1.54) is 6.26 Å². The Morgan fingerprint density at radius 3 is 2.67 bits per heavy atom. The fourth-order valence-corrected chi connectivity index (χ4v) is 0.0782. The summed E-state index contributed by atoms with van der Waals surface area (Å²) in [5.41, 5.74) is 4.75. The average molecular weight is 86.1 g/mol. The maximum atomic E-state index is 4.75. The Balaban J connectivity index is 2.85. The highest BCUT2D eigenvalue weighted by Crippen LogP contribution is 1.66. The van der Waals surface area contributed by atoms with Gasteiger partial charge in [-0.15, -0.1) is 0 Å². The molecule has 0 heterocycles. The number of nitrogens with two attached hydrogens (primary N) is 1. The molecule has 0 aromatic carbocycles. The third-order valence-electron chi connectivity index (χ3n) is 0.196. The third-order valence-corrected chi connectivity index (χ3v) is 0.196. The van der Waals surface area contributed by atoms with Crippen molar-refractivity contribution in [3.05, 3.63) is 12.8 Å². The van der Waals surface area contributed by atoms with Crippen LogP contribution in [0.5, 0.6) is 0 Å². The van der Waals surface area contributed by atoms with E-state index in [1.54, 1.807) is 0 Å². The summed E-state index contributed by atoms with van der Waals surface area (Å²) < 4.78 is 0. The summed E-state index contributed by atoms with van der Waals surface area (Å²) in [6.45, 7) is 3.21. The molecule has 0 amide bonds. The highest BCUT2D eigenvalue weighted by Gasteiger charge is 1.53. The van der Waals surface area contributed by atoms with Gasteiger partial charge in [0.1, 0.15) is 12.6 Å². The van der Waals surface area contributed by atoms with Crippen molar-refractivity contribution in [1.82, 2.24) is 0 Å². The second-order valence-corrected chi connectivity index (χ2v) is 0.527. The monoisotopic (exact) mass is 86.0 g/mol. The second kappa shape index (κ2) is 4.01. The Bertz CT molecular complexity index is 59.8. The van der Waals surface area contributed by atoms with Crippen LogP contribution in [0.2, 0.25) is 0 Å². The lowest BCUT2D eigenvalue weighted by Crippen LogP contribution is -1.86. The molecule has 0 unspecified atom stereocenters. The summed E-state index contributed by atoms with van der Waals surface area (Å²) in [7, 11) is 0. The molecule has 0 fully saturated rings. The van der Waals surface area contributed by atoms with E-state index in [0.29, 0.717) is 0 Å². The predicted octanol–water partition coefficient (Wildman–Crippen LogP) is 0.0485. The standard InChI is InChI=1S/C3H6N2O/c1-2-6-5-3-4/h2-3H,1H2,(H2,4,5). The molecule has 0 aliphatic carbocycles. The Labute approximate surface area is 36.1 Å². The molecule has 0 radical (unpaired) electrons. The number of nitrogens with zero attached hydrogens (tertiary/aromatic N) is 1. The lowest BCUT2D eigenvalue weighted by Gasteiger charge is -1.77. The van der Waals surface area contributed by atoms with Crippen LogP contribution in [0.3, 0.4) is 0 Å². The van der Waals surface area contributed by atoms with Gasteiger partial charge in [0.15, 0.2) is 0 Å². The fourth-order valence-electron chi connectivity index (χ4n) is 0.0782. The summed E-state index contributed by atoms with van der Waals surface area (Å²) in [4.78, 5) is 4.19. The molecule has 0 rings (SSSR count). The highest BCUT2D eigenvalue weighted by atomic mass is 16.6. The molecule has 0 aliphatic rings. The number of oxime groups is 1. The van der Waals surface area contributed by atoms with E-state index in [2.05, 4.69) is 16.6 Å². The van der Waals surface area contributed by atoms with Crippen molar-refractivity contribution in [2.45, 2.75) is 0 Å². The van der Waals surface area contributed by atoms with Gasteiger partial charge >= 0.3 is 0 Å². The van der Waals surface area contributed by atoms with Crippen LogP contribution in [0, 0.1) is 0 Å².